The first kappa shape index (κ1) is 15.0. The van der Waals surface area contributed by atoms with Gasteiger partial charge in [-0.1, -0.05) is 0 Å². The van der Waals surface area contributed by atoms with E-state index in [1.165, 1.54) is 12.1 Å². The molecular weight excluding hydrogens is 252 g/mol. The number of ether oxygens (including phenoxy) is 1. The van der Waals surface area contributed by atoms with Gasteiger partial charge in [0.25, 0.3) is 0 Å². The Balaban J connectivity index is 2.20. The predicted molar refractivity (Wildman–Crippen MR) is 67.0 cm³/mol. The van der Waals surface area contributed by atoms with Gasteiger partial charge in [-0.25, -0.2) is 9.59 Å². The molecule has 0 spiro atoms. The molecular formula is C12H18N2O5. The van der Waals surface area contributed by atoms with E-state index in [1.807, 2.05) is 13.8 Å². The van der Waals surface area contributed by atoms with Gasteiger partial charge in [-0.15, -0.1) is 0 Å². The number of carbonyl (C=O) groups is 2. The first-order chi connectivity index (χ1) is 8.99. The van der Waals surface area contributed by atoms with E-state index in [9.17, 15) is 9.59 Å². The van der Waals surface area contributed by atoms with Crippen molar-refractivity contribution in [1.29, 1.82) is 0 Å². The van der Waals surface area contributed by atoms with Crippen LogP contribution in [0.4, 0.5) is 4.79 Å². The number of furan rings is 1. The first-order valence-corrected chi connectivity index (χ1v) is 5.94. The molecule has 0 unspecified atom stereocenters. The summed E-state index contributed by atoms with van der Waals surface area (Å²) in [6, 6.07) is 2.49. The Morgan fingerprint density at radius 2 is 2.11 bits per heavy atom. The van der Waals surface area contributed by atoms with Gasteiger partial charge in [0.15, 0.2) is 0 Å². The molecule has 0 aliphatic rings. The maximum absolute atomic E-state index is 11.4. The topological polar surface area (TPSA) is 101 Å². The second kappa shape index (κ2) is 7.42. The zero-order chi connectivity index (χ0) is 14.3. The predicted octanol–water partition coefficient (Wildman–Crippen LogP) is 1.20. The van der Waals surface area contributed by atoms with Crippen molar-refractivity contribution in [1.82, 2.24) is 10.6 Å². The third-order valence-corrected chi connectivity index (χ3v) is 2.13. The average Bonchev–Trinajstić information content (AvgIpc) is 2.81. The average molecular weight is 270 g/mol. The lowest BCUT2D eigenvalue weighted by Crippen LogP contribution is -2.37. The van der Waals surface area contributed by atoms with Crippen molar-refractivity contribution < 1.29 is 23.8 Å². The molecule has 1 heterocycles. The molecule has 3 N–H and O–H groups in total. The van der Waals surface area contributed by atoms with Crippen molar-refractivity contribution in [2.75, 3.05) is 13.2 Å². The first-order valence-electron chi connectivity index (χ1n) is 5.94. The standard InChI is InChI=1S/C12H18N2O5/c1-8(2)18-6-5-13-12(17)14-7-9-3-4-10(19-9)11(15)16/h3-4,8H,5-7H2,1-2H3,(H,15,16)(H2,13,14,17). The van der Waals surface area contributed by atoms with Crippen LogP contribution in [0.5, 0.6) is 0 Å². The van der Waals surface area contributed by atoms with Crippen LogP contribution in [0.3, 0.4) is 0 Å². The third kappa shape index (κ3) is 5.91. The van der Waals surface area contributed by atoms with E-state index in [2.05, 4.69) is 10.6 Å². The Bertz CT molecular complexity index is 428. The Morgan fingerprint density at radius 3 is 2.68 bits per heavy atom. The normalized spacial score (nSPS) is 10.5. The van der Waals surface area contributed by atoms with Crippen molar-refractivity contribution in [3.8, 4) is 0 Å². The smallest absolute Gasteiger partial charge is 0.371 e. The molecule has 0 radical (unpaired) electrons. The van der Waals surface area contributed by atoms with Gasteiger partial charge >= 0.3 is 12.0 Å². The molecule has 0 aromatic carbocycles. The van der Waals surface area contributed by atoms with Gasteiger partial charge in [0.05, 0.1) is 19.3 Å². The minimum atomic E-state index is -1.14. The minimum Gasteiger partial charge on any atom is -0.475 e. The van der Waals surface area contributed by atoms with E-state index < -0.39 is 5.97 Å². The Hall–Kier alpha value is -2.02. The second-order valence-corrected chi connectivity index (χ2v) is 4.10. The number of rotatable bonds is 7. The van der Waals surface area contributed by atoms with E-state index in [0.29, 0.717) is 18.9 Å². The van der Waals surface area contributed by atoms with Crippen LogP contribution in [0.2, 0.25) is 0 Å². The van der Waals surface area contributed by atoms with E-state index >= 15 is 0 Å². The van der Waals surface area contributed by atoms with Crippen LogP contribution in [0, 0.1) is 0 Å². The highest BCUT2D eigenvalue weighted by Crippen LogP contribution is 2.07. The maximum Gasteiger partial charge on any atom is 0.371 e. The van der Waals surface area contributed by atoms with Gasteiger partial charge < -0.3 is 24.9 Å². The van der Waals surface area contributed by atoms with Crippen LogP contribution in [-0.2, 0) is 11.3 Å². The lowest BCUT2D eigenvalue weighted by Gasteiger charge is -2.09. The summed E-state index contributed by atoms with van der Waals surface area (Å²) in [6.07, 6.45) is 0.127. The lowest BCUT2D eigenvalue weighted by atomic mass is 10.4. The molecule has 0 aliphatic heterocycles. The van der Waals surface area contributed by atoms with Gasteiger partial charge in [-0.2, -0.15) is 0 Å². The van der Waals surface area contributed by atoms with Crippen LogP contribution in [0.15, 0.2) is 16.5 Å². The van der Waals surface area contributed by atoms with E-state index in [-0.39, 0.29) is 24.4 Å². The van der Waals surface area contributed by atoms with Gasteiger partial charge in [0, 0.05) is 6.54 Å². The number of nitrogens with one attached hydrogen (secondary N) is 2. The van der Waals surface area contributed by atoms with Gasteiger partial charge in [-0.3, -0.25) is 0 Å². The highest BCUT2D eigenvalue weighted by atomic mass is 16.5. The number of aromatic carboxylic acids is 1. The summed E-state index contributed by atoms with van der Waals surface area (Å²) in [6.45, 7) is 4.80. The van der Waals surface area contributed by atoms with Crippen LogP contribution in [0.25, 0.3) is 0 Å². The number of hydrogen-bond acceptors (Lipinski definition) is 4. The molecule has 0 saturated heterocycles. The largest absolute Gasteiger partial charge is 0.475 e. The fourth-order valence-corrected chi connectivity index (χ4v) is 1.28. The zero-order valence-corrected chi connectivity index (χ0v) is 10.9. The quantitative estimate of drug-likeness (QED) is 0.646. The third-order valence-electron chi connectivity index (χ3n) is 2.13. The van der Waals surface area contributed by atoms with Crippen molar-refractivity contribution in [3.63, 3.8) is 0 Å². The van der Waals surface area contributed by atoms with Gasteiger partial charge in [-0.05, 0) is 26.0 Å². The Labute approximate surface area is 110 Å². The fraction of sp³-hybridized carbons (Fsp3) is 0.500. The molecule has 0 bridgehead atoms. The fourth-order valence-electron chi connectivity index (χ4n) is 1.28. The van der Waals surface area contributed by atoms with Crippen molar-refractivity contribution in [3.05, 3.63) is 23.7 Å². The van der Waals surface area contributed by atoms with E-state index in [0.717, 1.165) is 0 Å². The number of amides is 2. The molecule has 1 rings (SSSR count). The summed E-state index contributed by atoms with van der Waals surface area (Å²) in [5.74, 6) is -0.907. The zero-order valence-electron chi connectivity index (χ0n) is 10.9. The maximum atomic E-state index is 11.4. The van der Waals surface area contributed by atoms with Crippen molar-refractivity contribution in [2.45, 2.75) is 26.5 Å². The van der Waals surface area contributed by atoms with E-state index in [4.69, 9.17) is 14.3 Å². The molecule has 0 aliphatic carbocycles. The van der Waals surface area contributed by atoms with E-state index in [1.54, 1.807) is 0 Å². The molecule has 7 nitrogen and oxygen atoms in total. The van der Waals surface area contributed by atoms with Crippen molar-refractivity contribution in [2.24, 2.45) is 0 Å². The van der Waals surface area contributed by atoms with Crippen molar-refractivity contribution >= 4 is 12.0 Å². The molecule has 0 atom stereocenters. The highest BCUT2D eigenvalue weighted by Gasteiger charge is 2.09. The lowest BCUT2D eigenvalue weighted by molar-refractivity contribution is 0.0660. The summed E-state index contributed by atoms with van der Waals surface area (Å²) < 4.78 is 10.2. The molecule has 19 heavy (non-hydrogen) atoms. The van der Waals surface area contributed by atoms with Crippen LogP contribution in [-0.4, -0.2) is 36.4 Å². The van der Waals surface area contributed by atoms with Crippen LogP contribution in [0.1, 0.15) is 30.2 Å². The molecule has 106 valence electrons. The molecule has 7 heteroatoms. The molecule has 1 aromatic rings. The molecule has 1 aromatic heterocycles. The Kier molecular flexibility index (Phi) is 5.87. The molecule has 0 saturated carbocycles. The van der Waals surface area contributed by atoms with Crippen LogP contribution >= 0.6 is 0 Å². The highest BCUT2D eigenvalue weighted by molar-refractivity contribution is 5.84. The summed E-state index contributed by atoms with van der Waals surface area (Å²) in [4.78, 5) is 21.9. The number of urea groups is 1. The number of carboxylic acids is 1. The number of carboxylic acid groups (broad SMARTS) is 1. The minimum absolute atomic E-state index is 0.127. The summed E-state index contributed by atoms with van der Waals surface area (Å²) in [5, 5.41) is 13.8. The number of hydrogen-bond donors (Lipinski definition) is 3. The second-order valence-electron chi connectivity index (χ2n) is 4.10. The Morgan fingerprint density at radius 1 is 1.37 bits per heavy atom. The summed E-state index contributed by atoms with van der Waals surface area (Å²) >= 11 is 0. The summed E-state index contributed by atoms with van der Waals surface area (Å²) in [5.41, 5.74) is 0. The summed E-state index contributed by atoms with van der Waals surface area (Å²) in [7, 11) is 0. The number of carbonyl (C=O) groups excluding carboxylic acids is 1. The molecule has 0 fully saturated rings. The van der Waals surface area contributed by atoms with Gasteiger partial charge in [0.1, 0.15) is 5.76 Å². The monoisotopic (exact) mass is 270 g/mol. The van der Waals surface area contributed by atoms with Crippen LogP contribution < -0.4 is 10.6 Å². The SMILES string of the molecule is CC(C)OCCNC(=O)NCc1ccc(C(=O)O)o1. The van der Waals surface area contributed by atoms with Gasteiger partial charge in [0.2, 0.25) is 5.76 Å². The molecule has 2 amide bonds.